The summed E-state index contributed by atoms with van der Waals surface area (Å²) in [5, 5.41) is 4.59. The third-order valence-corrected chi connectivity index (χ3v) is 9.19. The van der Waals surface area contributed by atoms with Crippen molar-refractivity contribution in [3.63, 3.8) is 0 Å². The highest BCUT2D eigenvalue weighted by Gasteiger charge is 2.51. The highest BCUT2D eigenvalue weighted by molar-refractivity contribution is 7.87. The number of carbonyl (C=O) groups is 1. The number of hydrogen-bond acceptors (Lipinski definition) is 6. The van der Waals surface area contributed by atoms with E-state index < -0.39 is 21.4 Å². The van der Waals surface area contributed by atoms with Crippen LogP contribution in [0.2, 0.25) is 0 Å². The van der Waals surface area contributed by atoms with Crippen molar-refractivity contribution in [2.75, 3.05) is 13.7 Å². The van der Waals surface area contributed by atoms with E-state index in [0.29, 0.717) is 19.6 Å². The zero-order valence-electron chi connectivity index (χ0n) is 23.2. The summed E-state index contributed by atoms with van der Waals surface area (Å²) in [5.41, 5.74) is 7.88. The summed E-state index contributed by atoms with van der Waals surface area (Å²) < 4.78 is 40.3. The van der Waals surface area contributed by atoms with Crippen LogP contribution in [0.1, 0.15) is 42.0 Å². The van der Waals surface area contributed by atoms with Crippen molar-refractivity contribution >= 4 is 16.0 Å². The third-order valence-electron chi connectivity index (χ3n) is 7.97. The number of aromatic nitrogens is 3. The first-order valence-electron chi connectivity index (χ1n) is 13.7. The molecule has 41 heavy (non-hydrogen) atoms. The van der Waals surface area contributed by atoms with Gasteiger partial charge in [0.2, 0.25) is 12.2 Å². The Morgan fingerprint density at radius 1 is 1.00 bits per heavy atom. The van der Waals surface area contributed by atoms with E-state index in [-0.39, 0.29) is 22.9 Å². The number of hydrogen-bond donors (Lipinski definition) is 1. The molecule has 1 amide bonds. The molecule has 3 aromatic carbocycles. The van der Waals surface area contributed by atoms with Crippen LogP contribution in [0.3, 0.4) is 0 Å². The number of ether oxygens (including phenoxy) is 1. The van der Waals surface area contributed by atoms with Gasteiger partial charge >= 0.3 is 16.1 Å². The lowest BCUT2D eigenvalue weighted by molar-refractivity contribution is -0.701. The highest BCUT2D eigenvalue weighted by atomic mass is 32.2. The number of nitrogens with two attached hydrogens (primary N) is 1. The average molecular weight is 576 g/mol. The Morgan fingerprint density at radius 3 is 2.17 bits per heavy atom. The van der Waals surface area contributed by atoms with Gasteiger partial charge in [-0.1, -0.05) is 78.4 Å². The minimum Gasteiger partial charge on any atom is -0.381 e. The molecule has 1 fully saturated rings. The molecule has 2 unspecified atom stereocenters. The number of methoxy groups -OCH3 is 1. The molecule has 1 aromatic heterocycles. The molecule has 0 bridgehead atoms. The molecular weight excluding hydrogens is 540 g/mol. The second kappa shape index (κ2) is 11.8. The van der Waals surface area contributed by atoms with Crippen LogP contribution in [0, 0.1) is 12.8 Å². The van der Waals surface area contributed by atoms with Gasteiger partial charge in [0.25, 0.3) is 0 Å². The third kappa shape index (κ3) is 5.62. The second-order valence-corrected chi connectivity index (χ2v) is 12.0. The highest BCUT2D eigenvalue weighted by Crippen LogP contribution is 2.49. The number of nitrogens with zero attached hydrogens (tertiary/aromatic N) is 3. The zero-order chi connectivity index (χ0) is 29.0. The van der Waals surface area contributed by atoms with Gasteiger partial charge in [-0.15, -0.1) is 4.68 Å². The summed E-state index contributed by atoms with van der Waals surface area (Å²) in [6.45, 7) is 2.58. The number of aryl methyl sites for hydroxylation is 1. The van der Waals surface area contributed by atoms with Crippen molar-refractivity contribution in [2.24, 2.45) is 11.7 Å². The van der Waals surface area contributed by atoms with Crippen molar-refractivity contribution in [3.05, 3.63) is 108 Å². The van der Waals surface area contributed by atoms with Gasteiger partial charge in [0, 0.05) is 7.11 Å². The number of rotatable bonds is 11. The normalized spacial score (nSPS) is 17.4. The lowest BCUT2D eigenvalue weighted by atomic mass is 9.64. The molecule has 4 aromatic rings. The van der Waals surface area contributed by atoms with E-state index in [1.165, 1.54) is 12.1 Å². The SMILES string of the molecule is COCC[n+]1cn(C2CCC(C(C(N)=O)(c3ccccc3)c3ccccc3)C2)nc1OS(=O)(=O)c1ccc(C)cc1. The van der Waals surface area contributed by atoms with E-state index in [0.717, 1.165) is 29.5 Å². The molecule has 0 radical (unpaired) electrons. The fourth-order valence-electron chi connectivity index (χ4n) is 5.93. The van der Waals surface area contributed by atoms with Crippen LogP contribution in [-0.2, 0) is 31.6 Å². The molecule has 214 valence electrons. The Labute approximate surface area is 240 Å². The molecule has 2 atom stereocenters. The van der Waals surface area contributed by atoms with E-state index >= 15 is 0 Å². The monoisotopic (exact) mass is 575 g/mol. The largest absolute Gasteiger partial charge is 0.484 e. The van der Waals surface area contributed by atoms with Crippen LogP contribution in [0.4, 0.5) is 0 Å². The first-order valence-corrected chi connectivity index (χ1v) is 15.1. The summed E-state index contributed by atoms with van der Waals surface area (Å²) in [5.74, 6) is -0.503. The Morgan fingerprint density at radius 2 is 1.61 bits per heavy atom. The quantitative estimate of drug-likeness (QED) is 0.215. The maximum absolute atomic E-state index is 13.4. The molecule has 1 saturated carbocycles. The van der Waals surface area contributed by atoms with Crippen LogP contribution in [-0.4, -0.2) is 37.8 Å². The van der Waals surface area contributed by atoms with Crippen LogP contribution < -0.4 is 14.5 Å². The van der Waals surface area contributed by atoms with Gasteiger partial charge in [-0.05, 0) is 55.4 Å². The Kier molecular flexibility index (Phi) is 8.23. The summed E-state index contributed by atoms with van der Waals surface area (Å²) in [4.78, 5) is 13.5. The Balaban J connectivity index is 1.48. The fourth-order valence-corrected chi connectivity index (χ4v) is 6.82. The maximum atomic E-state index is 13.4. The second-order valence-electron chi connectivity index (χ2n) is 10.5. The molecule has 1 aliphatic rings. The van der Waals surface area contributed by atoms with Crippen molar-refractivity contribution in [2.45, 2.75) is 49.1 Å². The van der Waals surface area contributed by atoms with E-state index in [1.54, 1.807) is 34.8 Å². The molecule has 0 saturated heterocycles. The lowest BCUT2D eigenvalue weighted by Crippen LogP contribution is -2.47. The van der Waals surface area contributed by atoms with Crippen molar-refractivity contribution in [1.82, 2.24) is 9.78 Å². The lowest BCUT2D eigenvalue weighted by Gasteiger charge is -2.37. The van der Waals surface area contributed by atoms with Crippen LogP contribution >= 0.6 is 0 Å². The van der Waals surface area contributed by atoms with E-state index in [9.17, 15) is 13.2 Å². The number of primary amides is 1. The standard InChI is InChI=1S/C31H34N4O5S/c1-23-13-17-28(18-14-23)41(37,38)40-30-33-35(22-34(30)19-20-39-2)27-16-15-26(21-27)31(29(32)36,24-9-5-3-6-10-24)25-11-7-4-8-12-25/h3-14,17-18,22,26-27H,15-16,19-21H2,1-2H3,(H-,32,36)/p+1. The number of carbonyl (C=O) groups excluding carboxylic acids is 1. The van der Waals surface area contributed by atoms with Gasteiger partial charge in [-0.25, -0.2) is 0 Å². The van der Waals surface area contributed by atoms with Crippen molar-refractivity contribution < 1.29 is 26.7 Å². The fraction of sp³-hybridized carbons (Fsp3) is 0.323. The molecule has 9 nitrogen and oxygen atoms in total. The van der Waals surface area contributed by atoms with E-state index in [4.69, 9.17) is 14.7 Å². The molecule has 0 aliphatic heterocycles. The van der Waals surface area contributed by atoms with Gasteiger partial charge in [0.1, 0.15) is 16.4 Å². The minimum absolute atomic E-state index is 0.0432. The summed E-state index contributed by atoms with van der Waals surface area (Å²) >= 11 is 0. The summed E-state index contributed by atoms with van der Waals surface area (Å²) in [7, 11) is -2.53. The molecule has 10 heteroatoms. The molecule has 2 N–H and O–H groups in total. The predicted octanol–water partition coefficient (Wildman–Crippen LogP) is 3.71. The minimum atomic E-state index is -4.10. The summed E-state index contributed by atoms with van der Waals surface area (Å²) in [6, 6.07) is 25.7. The molecular formula is C31H35N4O5S+. The van der Waals surface area contributed by atoms with Gasteiger partial charge < -0.3 is 14.7 Å². The summed E-state index contributed by atoms with van der Waals surface area (Å²) in [6.07, 6.45) is 3.83. The average Bonchev–Trinajstić information content (AvgIpc) is 3.61. The smallest absolute Gasteiger partial charge is 0.381 e. The molecule has 0 spiro atoms. The van der Waals surface area contributed by atoms with Crippen molar-refractivity contribution in [3.8, 4) is 6.01 Å². The Hall–Kier alpha value is -4.02. The van der Waals surface area contributed by atoms with E-state index in [1.807, 2.05) is 67.6 Å². The van der Waals surface area contributed by atoms with Crippen molar-refractivity contribution in [1.29, 1.82) is 0 Å². The first kappa shape index (κ1) is 28.5. The molecule has 5 rings (SSSR count). The number of amides is 1. The van der Waals surface area contributed by atoms with Gasteiger partial charge in [-0.2, -0.15) is 13.0 Å². The predicted molar refractivity (Wildman–Crippen MR) is 153 cm³/mol. The van der Waals surface area contributed by atoms with Gasteiger partial charge in [0.05, 0.1) is 18.3 Å². The maximum Gasteiger partial charge on any atom is 0.484 e. The van der Waals surface area contributed by atoms with E-state index in [2.05, 4.69) is 5.10 Å². The Bertz CT molecular complexity index is 1550. The molecule has 1 aliphatic carbocycles. The van der Waals surface area contributed by atoms with Crippen LogP contribution in [0.5, 0.6) is 6.01 Å². The topological polar surface area (TPSA) is 117 Å². The van der Waals surface area contributed by atoms with Gasteiger partial charge in [0.15, 0.2) is 0 Å². The zero-order valence-corrected chi connectivity index (χ0v) is 24.0. The first-order chi connectivity index (χ1) is 19.8. The number of benzene rings is 3. The van der Waals surface area contributed by atoms with Crippen LogP contribution in [0.15, 0.2) is 96.2 Å². The van der Waals surface area contributed by atoms with Gasteiger partial charge in [-0.3, -0.25) is 4.79 Å². The van der Waals surface area contributed by atoms with Crippen LogP contribution in [0.25, 0.3) is 0 Å². The molecule has 1 heterocycles.